The molecule has 0 fully saturated rings. The number of hydrogen-bond acceptors (Lipinski definition) is 2. The first-order chi connectivity index (χ1) is 10.2. The van der Waals surface area contributed by atoms with Gasteiger partial charge in [-0.3, -0.25) is 4.90 Å². The van der Waals surface area contributed by atoms with E-state index in [0.29, 0.717) is 6.04 Å². The van der Waals surface area contributed by atoms with Crippen molar-refractivity contribution in [1.82, 2.24) is 4.90 Å². The van der Waals surface area contributed by atoms with Gasteiger partial charge in [0.2, 0.25) is 0 Å². The minimum atomic E-state index is 0.390. The highest BCUT2D eigenvalue weighted by molar-refractivity contribution is 5.23. The Hall–Kier alpha value is -1.54. The zero-order valence-electron chi connectivity index (χ0n) is 14.7. The molecule has 1 aromatic carbocycles. The highest BCUT2D eigenvalue weighted by Crippen LogP contribution is 2.21. The molecular formula is C19H31NO. The second-order valence-electron chi connectivity index (χ2n) is 4.58. The van der Waals surface area contributed by atoms with Crippen LogP contribution in [0.5, 0.6) is 0 Å². The van der Waals surface area contributed by atoms with Crippen molar-refractivity contribution < 1.29 is 4.42 Å². The zero-order chi connectivity index (χ0) is 16.3. The van der Waals surface area contributed by atoms with Crippen LogP contribution in [-0.4, -0.2) is 11.9 Å². The Morgan fingerprint density at radius 2 is 1.57 bits per heavy atom. The van der Waals surface area contributed by atoms with E-state index >= 15 is 0 Å². The van der Waals surface area contributed by atoms with E-state index in [2.05, 4.69) is 50.1 Å². The summed E-state index contributed by atoms with van der Waals surface area (Å²) in [4.78, 5) is 2.28. The van der Waals surface area contributed by atoms with E-state index in [0.717, 1.165) is 12.3 Å². The van der Waals surface area contributed by atoms with Crippen LogP contribution in [0.2, 0.25) is 0 Å². The molecule has 0 aliphatic rings. The second kappa shape index (κ2) is 11.2. The van der Waals surface area contributed by atoms with Gasteiger partial charge in [0.15, 0.2) is 0 Å². The molecule has 0 radical (unpaired) electrons. The van der Waals surface area contributed by atoms with E-state index in [-0.39, 0.29) is 0 Å². The summed E-state index contributed by atoms with van der Waals surface area (Å²) >= 11 is 0. The molecule has 0 aliphatic carbocycles. The van der Waals surface area contributed by atoms with Gasteiger partial charge in [-0.2, -0.15) is 0 Å². The van der Waals surface area contributed by atoms with E-state index in [1.807, 2.05) is 39.8 Å². The van der Waals surface area contributed by atoms with Crippen LogP contribution in [0.3, 0.4) is 0 Å². The number of benzene rings is 1. The van der Waals surface area contributed by atoms with Gasteiger partial charge in [0, 0.05) is 6.04 Å². The number of rotatable bonds is 4. The summed E-state index contributed by atoms with van der Waals surface area (Å²) in [6, 6.07) is 13.0. The summed E-state index contributed by atoms with van der Waals surface area (Å²) < 4.78 is 5.37. The first-order valence-corrected chi connectivity index (χ1v) is 7.96. The molecule has 2 heteroatoms. The van der Waals surface area contributed by atoms with Gasteiger partial charge in [0.1, 0.15) is 5.76 Å². The molecule has 1 atom stereocenters. The molecule has 0 aliphatic heterocycles. The second-order valence-corrected chi connectivity index (χ2v) is 4.58. The van der Waals surface area contributed by atoms with Crippen molar-refractivity contribution in [1.29, 1.82) is 0 Å². The minimum absolute atomic E-state index is 0.390. The summed E-state index contributed by atoms with van der Waals surface area (Å²) in [6.07, 6.45) is 1.72. The Bertz CT molecular complexity index is 445. The maximum absolute atomic E-state index is 5.37. The van der Waals surface area contributed by atoms with E-state index in [9.17, 15) is 0 Å². The SMILES string of the molecule is CC.CC.Cc1ccc(C(C)N(C)Cc2ccco2)cc1. The van der Waals surface area contributed by atoms with Gasteiger partial charge < -0.3 is 4.42 Å². The lowest BCUT2D eigenvalue weighted by Gasteiger charge is -2.24. The first-order valence-electron chi connectivity index (χ1n) is 7.96. The molecule has 0 N–H and O–H groups in total. The van der Waals surface area contributed by atoms with Crippen molar-refractivity contribution >= 4 is 0 Å². The van der Waals surface area contributed by atoms with Crippen LogP contribution in [0.15, 0.2) is 47.1 Å². The van der Waals surface area contributed by atoms with Crippen LogP contribution in [-0.2, 0) is 6.54 Å². The number of aryl methyl sites for hydroxylation is 1. The molecule has 0 bridgehead atoms. The summed E-state index contributed by atoms with van der Waals surface area (Å²) in [5, 5.41) is 0. The largest absolute Gasteiger partial charge is 0.468 e. The Morgan fingerprint density at radius 3 is 2.05 bits per heavy atom. The van der Waals surface area contributed by atoms with Gasteiger partial charge in [-0.1, -0.05) is 57.5 Å². The zero-order valence-corrected chi connectivity index (χ0v) is 14.7. The molecule has 0 saturated carbocycles. The average Bonchev–Trinajstić information content (AvgIpc) is 3.04. The van der Waals surface area contributed by atoms with Gasteiger partial charge in [-0.25, -0.2) is 0 Å². The van der Waals surface area contributed by atoms with E-state index in [1.165, 1.54) is 11.1 Å². The molecule has 2 rings (SSSR count). The van der Waals surface area contributed by atoms with Crippen molar-refractivity contribution in [3.63, 3.8) is 0 Å². The van der Waals surface area contributed by atoms with Crippen molar-refractivity contribution in [2.75, 3.05) is 7.05 Å². The first kappa shape index (κ1) is 19.5. The fraction of sp³-hybridized carbons (Fsp3) is 0.474. The van der Waals surface area contributed by atoms with Gasteiger partial charge in [-0.05, 0) is 38.6 Å². The fourth-order valence-corrected chi connectivity index (χ4v) is 1.88. The van der Waals surface area contributed by atoms with Crippen molar-refractivity contribution in [2.45, 2.75) is 54.1 Å². The predicted molar refractivity (Wildman–Crippen MR) is 92.5 cm³/mol. The Morgan fingerprint density at radius 1 is 1.00 bits per heavy atom. The minimum Gasteiger partial charge on any atom is -0.468 e. The fourth-order valence-electron chi connectivity index (χ4n) is 1.88. The molecule has 1 aromatic heterocycles. The molecule has 1 heterocycles. The third-order valence-corrected chi connectivity index (χ3v) is 3.21. The van der Waals surface area contributed by atoms with Crippen LogP contribution >= 0.6 is 0 Å². The van der Waals surface area contributed by atoms with Crippen LogP contribution in [0, 0.1) is 6.92 Å². The predicted octanol–water partition coefficient (Wildman–Crippen LogP) is 5.83. The lowest BCUT2D eigenvalue weighted by Crippen LogP contribution is -2.21. The topological polar surface area (TPSA) is 16.4 Å². The highest BCUT2D eigenvalue weighted by atomic mass is 16.3. The van der Waals surface area contributed by atoms with E-state index in [1.54, 1.807) is 6.26 Å². The molecule has 2 nitrogen and oxygen atoms in total. The molecule has 2 aromatic rings. The van der Waals surface area contributed by atoms with Gasteiger partial charge in [-0.15, -0.1) is 0 Å². The number of nitrogens with zero attached hydrogens (tertiary/aromatic N) is 1. The molecule has 0 spiro atoms. The van der Waals surface area contributed by atoms with Crippen LogP contribution < -0.4 is 0 Å². The van der Waals surface area contributed by atoms with Crippen molar-refractivity contribution in [3.05, 3.63) is 59.5 Å². The van der Waals surface area contributed by atoms with Gasteiger partial charge in [0.25, 0.3) is 0 Å². The highest BCUT2D eigenvalue weighted by Gasteiger charge is 2.12. The third-order valence-electron chi connectivity index (χ3n) is 3.21. The maximum atomic E-state index is 5.37. The smallest absolute Gasteiger partial charge is 0.117 e. The molecule has 1 unspecified atom stereocenters. The van der Waals surface area contributed by atoms with Crippen LogP contribution in [0.4, 0.5) is 0 Å². The Kier molecular flexibility index (Phi) is 10.3. The summed E-state index contributed by atoms with van der Waals surface area (Å²) in [5.41, 5.74) is 2.64. The molecule has 0 saturated heterocycles. The maximum Gasteiger partial charge on any atom is 0.117 e. The monoisotopic (exact) mass is 289 g/mol. The normalized spacial score (nSPS) is 11.0. The lowest BCUT2D eigenvalue weighted by atomic mass is 10.1. The van der Waals surface area contributed by atoms with Crippen LogP contribution in [0.25, 0.3) is 0 Å². The standard InChI is InChI=1S/C15H19NO.2C2H6/c1-12-6-8-14(9-7-12)13(2)16(3)11-15-5-4-10-17-15;2*1-2/h4-10,13H,11H2,1-3H3;2*1-2H3. The van der Waals surface area contributed by atoms with Gasteiger partial charge in [0.05, 0.1) is 12.8 Å². The summed E-state index contributed by atoms with van der Waals surface area (Å²) in [6.45, 7) is 13.2. The Balaban J connectivity index is 0.000000921. The molecular weight excluding hydrogens is 258 g/mol. The van der Waals surface area contributed by atoms with Crippen molar-refractivity contribution in [3.8, 4) is 0 Å². The number of furan rings is 1. The summed E-state index contributed by atoms with van der Waals surface area (Å²) in [7, 11) is 2.12. The van der Waals surface area contributed by atoms with E-state index < -0.39 is 0 Å². The molecule has 118 valence electrons. The molecule has 21 heavy (non-hydrogen) atoms. The van der Waals surface area contributed by atoms with Gasteiger partial charge >= 0.3 is 0 Å². The third kappa shape index (κ3) is 6.63. The number of hydrogen-bond donors (Lipinski definition) is 0. The summed E-state index contributed by atoms with van der Waals surface area (Å²) in [5.74, 6) is 1.01. The quantitative estimate of drug-likeness (QED) is 0.703. The van der Waals surface area contributed by atoms with E-state index in [4.69, 9.17) is 4.42 Å². The van der Waals surface area contributed by atoms with Crippen LogP contribution in [0.1, 0.15) is 57.5 Å². The lowest BCUT2D eigenvalue weighted by molar-refractivity contribution is 0.232. The van der Waals surface area contributed by atoms with Crippen molar-refractivity contribution in [2.24, 2.45) is 0 Å². The average molecular weight is 289 g/mol. The molecule has 0 amide bonds. The Labute approximate surface area is 130 Å².